The van der Waals surface area contributed by atoms with E-state index in [1.807, 2.05) is 24.4 Å². The Morgan fingerprint density at radius 2 is 2.21 bits per heavy atom. The molecule has 3 N–H and O–H groups in total. The standard InChI is InChI=1S/C14H15ClN2OS/c1-2-11(12-7-4-8-19-12)17-14(18)9-5-3-6-10(16)13(9)15/h3-8,11H,2,16H2,1H3,(H,17,18). The van der Waals surface area contributed by atoms with Crippen LogP contribution in [0, 0.1) is 0 Å². The van der Waals surface area contributed by atoms with Crippen molar-refractivity contribution in [2.24, 2.45) is 0 Å². The molecule has 0 aliphatic heterocycles. The van der Waals surface area contributed by atoms with E-state index in [0.29, 0.717) is 16.3 Å². The van der Waals surface area contributed by atoms with Crippen LogP contribution in [0.5, 0.6) is 0 Å². The van der Waals surface area contributed by atoms with E-state index in [1.54, 1.807) is 29.5 Å². The van der Waals surface area contributed by atoms with Crippen molar-refractivity contribution in [2.45, 2.75) is 19.4 Å². The summed E-state index contributed by atoms with van der Waals surface area (Å²) >= 11 is 7.68. The quantitative estimate of drug-likeness (QED) is 0.841. The minimum Gasteiger partial charge on any atom is -0.398 e. The van der Waals surface area contributed by atoms with Crippen LogP contribution >= 0.6 is 22.9 Å². The van der Waals surface area contributed by atoms with Gasteiger partial charge in [-0.05, 0) is 30.0 Å². The van der Waals surface area contributed by atoms with Crippen molar-refractivity contribution in [3.8, 4) is 0 Å². The third-order valence-electron chi connectivity index (χ3n) is 2.87. The molecule has 0 aliphatic carbocycles. The molecule has 0 spiro atoms. The number of nitrogens with one attached hydrogen (secondary N) is 1. The molecule has 0 fully saturated rings. The van der Waals surface area contributed by atoms with Crippen LogP contribution in [0.25, 0.3) is 0 Å². The number of hydrogen-bond donors (Lipinski definition) is 2. The summed E-state index contributed by atoms with van der Waals surface area (Å²) in [5.74, 6) is -0.197. The second-order valence-electron chi connectivity index (χ2n) is 4.16. The van der Waals surface area contributed by atoms with Crippen LogP contribution < -0.4 is 11.1 Å². The van der Waals surface area contributed by atoms with Crippen LogP contribution in [-0.2, 0) is 0 Å². The van der Waals surface area contributed by atoms with E-state index in [9.17, 15) is 4.79 Å². The number of carbonyl (C=O) groups excluding carboxylic acids is 1. The fourth-order valence-corrected chi connectivity index (χ4v) is 2.90. The zero-order chi connectivity index (χ0) is 13.8. The molecular weight excluding hydrogens is 280 g/mol. The molecule has 5 heteroatoms. The molecule has 1 atom stereocenters. The number of carbonyl (C=O) groups is 1. The van der Waals surface area contributed by atoms with Crippen LogP contribution in [-0.4, -0.2) is 5.91 Å². The molecule has 19 heavy (non-hydrogen) atoms. The van der Waals surface area contributed by atoms with Gasteiger partial charge in [0.15, 0.2) is 0 Å². The smallest absolute Gasteiger partial charge is 0.253 e. The topological polar surface area (TPSA) is 55.1 Å². The van der Waals surface area contributed by atoms with Crippen molar-refractivity contribution in [3.05, 3.63) is 51.2 Å². The number of thiophene rings is 1. The molecule has 3 nitrogen and oxygen atoms in total. The molecule has 0 saturated carbocycles. The Labute approximate surface area is 121 Å². The summed E-state index contributed by atoms with van der Waals surface area (Å²) in [4.78, 5) is 13.4. The third-order valence-corrected chi connectivity index (χ3v) is 4.28. The molecule has 1 aromatic carbocycles. The molecule has 2 rings (SSSR count). The zero-order valence-corrected chi connectivity index (χ0v) is 12.1. The van der Waals surface area contributed by atoms with Gasteiger partial charge in [0.05, 0.1) is 22.3 Å². The number of nitrogens with two attached hydrogens (primary N) is 1. The van der Waals surface area contributed by atoms with E-state index in [-0.39, 0.29) is 11.9 Å². The predicted molar refractivity (Wildman–Crippen MR) is 80.7 cm³/mol. The Morgan fingerprint density at radius 3 is 2.84 bits per heavy atom. The SMILES string of the molecule is CCC(NC(=O)c1cccc(N)c1Cl)c1cccs1. The van der Waals surface area contributed by atoms with E-state index in [1.165, 1.54) is 0 Å². The van der Waals surface area contributed by atoms with Gasteiger partial charge in [0, 0.05) is 4.88 Å². The first kappa shape index (κ1) is 13.9. The summed E-state index contributed by atoms with van der Waals surface area (Å²) < 4.78 is 0. The Morgan fingerprint density at radius 1 is 1.42 bits per heavy atom. The summed E-state index contributed by atoms with van der Waals surface area (Å²) in [6, 6.07) is 9.07. The molecule has 2 aromatic rings. The number of anilines is 1. The van der Waals surface area contributed by atoms with Gasteiger partial charge in [0.25, 0.3) is 5.91 Å². The van der Waals surface area contributed by atoms with Gasteiger partial charge >= 0.3 is 0 Å². The number of amides is 1. The van der Waals surface area contributed by atoms with Crippen molar-refractivity contribution in [3.63, 3.8) is 0 Å². The monoisotopic (exact) mass is 294 g/mol. The lowest BCUT2D eigenvalue weighted by Crippen LogP contribution is -2.28. The molecule has 100 valence electrons. The molecule has 0 radical (unpaired) electrons. The summed E-state index contributed by atoms with van der Waals surface area (Å²) in [6.45, 7) is 2.03. The fraction of sp³-hybridized carbons (Fsp3) is 0.214. The van der Waals surface area contributed by atoms with Crippen molar-refractivity contribution < 1.29 is 4.79 Å². The van der Waals surface area contributed by atoms with Crippen LogP contribution in [0.3, 0.4) is 0 Å². The first-order valence-corrected chi connectivity index (χ1v) is 7.27. The molecular formula is C14H15ClN2OS. The highest BCUT2D eigenvalue weighted by Crippen LogP contribution is 2.25. The maximum Gasteiger partial charge on any atom is 0.253 e. The second kappa shape index (κ2) is 6.08. The van der Waals surface area contributed by atoms with Gasteiger partial charge in [0.1, 0.15) is 0 Å². The third kappa shape index (κ3) is 3.08. The average molecular weight is 295 g/mol. The largest absolute Gasteiger partial charge is 0.398 e. The summed E-state index contributed by atoms with van der Waals surface area (Å²) in [5.41, 5.74) is 6.54. The van der Waals surface area contributed by atoms with Gasteiger partial charge in [-0.25, -0.2) is 0 Å². The summed E-state index contributed by atoms with van der Waals surface area (Å²) in [5, 5.41) is 5.29. The van der Waals surface area contributed by atoms with Gasteiger partial charge in [0.2, 0.25) is 0 Å². The van der Waals surface area contributed by atoms with E-state index < -0.39 is 0 Å². The fourth-order valence-electron chi connectivity index (χ4n) is 1.83. The number of hydrogen-bond acceptors (Lipinski definition) is 3. The Kier molecular flexibility index (Phi) is 4.45. The summed E-state index contributed by atoms with van der Waals surface area (Å²) in [6.07, 6.45) is 0.826. The van der Waals surface area contributed by atoms with Crippen molar-refractivity contribution >= 4 is 34.5 Å². The number of halogens is 1. The van der Waals surface area contributed by atoms with E-state index in [4.69, 9.17) is 17.3 Å². The van der Waals surface area contributed by atoms with Crippen molar-refractivity contribution in [2.75, 3.05) is 5.73 Å². The average Bonchev–Trinajstić information content (AvgIpc) is 2.92. The minimum absolute atomic E-state index is 0.00463. The maximum atomic E-state index is 12.2. The minimum atomic E-state index is -0.197. The molecule has 1 amide bonds. The van der Waals surface area contributed by atoms with Crippen LogP contribution in [0.15, 0.2) is 35.7 Å². The molecule has 1 unspecified atom stereocenters. The van der Waals surface area contributed by atoms with Crippen molar-refractivity contribution in [1.82, 2.24) is 5.32 Å². The van der Waals surface area contributed by atoms with Gasteiger partial charge in [-0.15, -0.1) is 11.3 Å². The first-order chi connectivity index (χ1) is 9.13. The zero-order valence-electron chi connectivity index (χ0n) is 10.5. The summed E-state index contributed by atoms with van der Waals surface area (Å²) in [7, 11) is 0. The Hall–Kier alpha value is -1.52. The number of rotatable bonds is 4. The molecule has 1 aromatic heterocycles. The Balaban J connectivity index is 2.18. The van der Waals surface area contributed by atoms with Gasteiger partial charge < -0.3 is 11.1 Å². The highest BCUT2D eigenvalue weighted by atomic mass is 35.5. The van der Waals surface area contributed by atoms with E-state index >= 15 is 0 Å². The molecule has 1 heterocycles. The van der Waals surface area contributed by atoms with E-state index in [0.717, 1.165) is 11.3 Å². The highest BCUT2D eigenvalue weighted by molar-refractivity contribution is 7.10. The molecule has 0 bridgehead atoms. The molecule has 0 aliphatic rings. The Bertz CT molecular complexity index is 569. The normalized spacial score (nSPS) is 12.1. The lowest BCUT2D eigenvalue weighted by molar-refractivity contribution is 0.0936. The van der Waals surface area contributed by atoms with E-state index in [2.05, 4.69) is 5.32 Å². The van der Waals surface area contributed by atoms with Crippen LogP contribution in [0.4, 0.5) is 5.69 Å². The maximum absolute atomic E-state index is 12.2. The van der Waals surface area contributed by atoms with Crippen LogP contribution in [0.1, 0.15) is 34.6 Å². The van der Waals surface area contributed by atoms with Gasteiger partial charge in [-0.3, -0.25) is 4.79 Å². The van der Waals surface area contributed by atoms with Gasteiger partial charge in [-0.2, -0.15) is 0 Å². The predicted octanol–water partition coefficient (Wildman–Crippen LogP) is 3.86. The number of nitrogen functional groups attached to an aromatic ring is 1. The van der Waals surface area contributed by atoms with Crippen LogP contribution in [0.2, 0.25) is 5.02 Å². The van der Waals surface area contributed by atoms with Crippen molar-refractivity contribution in [1.29, 1.82) is 0 Å². The lowest BCUT2D eigenvalue weighted by Gasteiger charge is -2.16. The lowest BCUT2D eigenvalue weighted by atomic mass is 10.1. The van der Waals surface area contributed by atoms with Gasteiger partial charge in [-0.1, -0.05) is 30.7 Å². The number of benzene rings is 1. The first-order valence-electron chi connectivity index (χ1n) is 6.01. The molecule has 0 saturated heterocycles. The highest BCUT2D eigenvalue weighted by Gasteiger charge is 2.17. The second-order valence-corrected chi connectivity index (χ2v) is 5.52.